The topological polar surface area (TPSA) is 38.3 Å². The zero-order chi connectivity index (χ0) is 20.5. The molecule has 1 unspecified atom stereocenters. The van der Waals surface area contributed by atoms with Crippen molar-refractivity contribution in [3.05, 3.63) is 113 Å². The number of hydrogen-bond acceptors (Lipinski definition) is 3. The van der Waals surface area contributed by atoms with E-state index in [0.717, 1.165) is 23.2 Å². The molecule has 0 heterocycles. The number of aldehydes is 1. The van der Waals surface area contributed by atoms with Gasteiger partial charge in [-0.2, -0.15) is 0 Å². The molecule has 1 N–H and O–H groups in total. The number of ether oxygens (including phenoxy) is 1. The first-order chi connectivity index (χ1) is 14.2. The average Bonchev–Trinajstić information content (AvgIpc) is 2.80. The molecule has 3 heteroatoms. The van der Waals surface area contributed by atoms with Crippen molar-refractivity contribution in [2.75, 3.05) is 7.11 Å². The predicted molar refractivity (Wildman–Crippen MR) is 118 cm³/mol. The minimum atomic E-state index is 0.0365. The van der Waals surface area contributed by atoms with E-state index in [1.165, 1.54) is 11.1 Å². The van der Waals surface area contributed by atoms with Gasteiger partial charge in [-0.15, -0.1) is 0 Å². The molecule has 3 rings (SSSR count). The molecule has 0 spiro atoms. The summed E-state index contributed by atoms with van der Waals surface area (Å²) in [6.07, 6.45) is 3.60. The van der Waals surface area contributed by atoms with E-state index < -0.39 is 0 Å². The summed E-state index contributed by atoms with van der Waals surface area (Å²) >= 11 is 0. The van der Waals surface area contributed by atoms with Crippen LogP contribution in [-0.4, -0.2) is 13.4 Å². The lowest BCUT2D eigenvalue weighted by Gasteiger charge is -2.27. The van der Waals surface area contributed by atoms with Crippen LogP contribution in [0.3, 0.4) is 0 Å². The molecule has 1 atom stereocenters. The van der Waals surface area contributed by atoms with E-state index in [4.69, 9.17) is 4.74 Å². The van der Waals surface area contributed by atoms with E-state index in [1.807, 2.05) is 37.3 Å². The molecule has 0 aliphatic rings. The van der Waals surface area contributed by atoms with Gasteiger partial charge in [-0.25, -0.2) is 0 Å². The summed E-state index contributed by atoms with van der Waals surface area (Å²) in [5, 5.41) is 3.82. The lowest BCUT2D eigenvalue weighted by molar-refractivity contribution is -0.104. The molecule has 0 fully saturated rings. The maximum absolute atomic E-state index is 11.1. The Morgan fingerprint density at radius 2 is 1.41 bits per heavy atom. The molecule has 0 amide bonds. The van der Waals surface area contributed by atoms with Gasteiger partial charge in [-0.05, 0) is 47.7 Å². The van der Waals surface area contributed by atoms with Crippen LogP contribution in [0.15, 0.2) is 96.6 Å². The first-order valence-corrected chi connectivity index (χ1v) is 9.83. The maximum atomic E-state index is 11.1. The second-order valence-electron chi connectivity index (χ2n) is 7.05. The fraction of sp³-hybridized carbons (Fsp3) is 0.192. The minimum absolute atomic E-state index is 0.0365. The van der Waals surface area contributed by atoms with Gasteiger partial charge >= 0.3 is 0 Å². The number of methoxy groups -OCH3 is 1. The van der Waals surface area contributed by atoms with Crippen molar-refractivity contribution < 1.29 is 9.53 Å². The number of allylic oxidation sites excluding steroid dienone is 1. The summed E-state index contributed by atoms with van der Waals surface area (Å²) in [5.41, 5.74) is 4.29. The van der Waals surface area contributed by atoms with E-state index >= 15 is 0 Å². The smallest absolute Gasteiger partial charge is 0.145 e. The molecular weight excluding hydrogens is 358 g/mol. The maximum Gasteiger partial charge on any atom is 0.145 e. The van der Waals surface area contributed by atoms with Gasteiger partial charge < -0.3 is 4.74 Å². The van der Waals surface area contributed by atoms with Gasteiger partial charge in [-0.3, -0.25) is 10.1 Å². The van der Waals surface area contributed by atoms with Crippen LogP contribution in [0.2, 0.25) is 0 Å². The molecule has 0 saturated heterocycles. The van der Waals surface area contributed by atoms with Crippen molar-refractivity contribution in [3.63, 3.8) is 0 Å². The summed E-state index contributed by atoms with van der Waals surface area (Å²) in [6, 6.07) is 29.0. The Labute approximate surface area is 173 Å². The zero-order valence-electron chi connectivity index (χ0n) is 16.9. The quantitative estimate of drug-likeness (QED) is 0.382. The second kappa shape index (κ2) is 10.4. The molecule has 0 aliphatic carbocycles. The lowest BCUT2D eigenvalue weighted by atomic mass is 9.95. The first kappa shape index (κ1) is 20.6. The van der Waals surface area contributed by atoms with Crippen molar-refractivity contribution >= 4 is 6.29 Å². The first-order valence-electron chi connectivity index (χ1n) is 9.83. The Balaban J connectivity index is 1.96. The molecule has 148 valence electrons. The summed E-state index contributed by atoms with van der Waals surface area (Å²) in [4.78, 5) is 11.1. The van der Waals surface area contributed by atoms with E-state index in [-0.39, 0.29) is 12.1 Å². The van der Waals surface area contributed by atoms with E-state index in [2.05, 4.69) is 66.0 Å². The zero-order valence-corrected chi connectivity index (χ0v) is 16.9. The third-order valence-electron chi connectivity index (χ3n) is 5.01. The summed E-state index contributed by atoms with van der Waals surface area (Å²) in [7, 11) is 1.67. The summed E-state index contributed by atoms with van der Waals surface area (Å²) in [6.45, 7) is 1.84. The molecule has 0 radical (unpaired) electrons. The van der Waals surface area contributed by atoms with E-state index in [1.54, 1.807) is 7.11 Å². The highest BCUT2D eigenvalue weighted by Gasteiger charge is 2.19. The van der Waals surface area contributed by atoms with Crippen LogP contribution >= 0.6 is 0 Å². The van der Waals surface area contributed by atoms with Gasteiger partial charge in [0.15, 0.2) is 0 Å². The van der Waals surface area contributed by atoms with Crippen molar-refractivity contribution in [2.45, 2.75) is 25.4 Å². The second-order valence-corrected chi connectivity index (χ2v) is 7.05. The van der Waals surface area contributed by atoms with E-state index in [0.29, 0.717) is 6.42 Å². The Morgan fingerprint density at radius 1 is 0.862 bits per heavy atom. The van der Waals surface area contributed by atoms with Crippen molar-refractivity contribution in [3.8, 4) is 5.75 Å². The van der Waals surface area contributed by atoms with Gasteiger partial charge in [0.2, 0.25) is 0 Å². The Kier molecular flexibility index (Phi) is 7.37. The van der Waals surface area contributed by atoms with Crippen LogP contribution in [0.5, 0.6) is 5.75 Å². The predicted octanol–water partition coefficient (Wildman–Crippen LogP) is 5.65. The van der Waals surface area contributed by atoms with Gasteiger partial charge in [0.25, 0.3) is 0 Å². The number of nitrogens with one attached hydrogen (secondary N) is 1. The number of carbonyl (C=O) groups excluding carboxylic acids is 1. The number of hydrogen-bond donors (Lipinski definition) is 1. The van der Waals surface area contributed by atoms with Gasteiger partial charge in [0.1, 0.15) is 12.0 Å². The van der Waals surface area contributed by atoms with Crippen molar-refractivity contribution in [1.82, 2.24) is 5.32 Å². The van der Waals surface area contributed by atoms with Gasteiger partial charge in [0, 0.05) is 6.04 Å². The largest absolute Gasteiger partial charge is 0.497 e. The summed E-state index contributed by atoms with van der Waals surface area (Å²) < 4.78 is 5.31. The molecule has 0 aromatic heterocycles. The monoisotopic (exact) mass is 385 g/mol. The third kappa shape index (κ3) is 5.66. The highest BCUT2D eigenvalue weighted by atomic mass is 16.5. The average molecular weight is 386 g/mol. The highest BCUT2D eigenvalue weighted by molar-refractivity contribution is 5.71. The third-order valence-corrected chi connectivity index (χ3v) is 5.01. The minimum Gasteiger partial charge on any atom is -0.497 e. The lowest BCUT2D eigenvalue weighted by Crippen LogP contribution is -2.27. The van der Waals surface area contributed by atoms with Gasteiger partial charge in [0.05, 0.1) is 13.2 Å². The van der Waals surface area contributed by atoms with Crippen molar-refractivity contribution in [2.24, 2.45) is 0 Å². The molecule has 3 aromatic rings. The van der Waals surface area contributed by atoms with Crippen molar-refractivity contribution in [1.29, 1.82) is 0 Å². The van der Waals surface area contributed by atoms with E-state index in [9.17, 15) is 4.79 Å². The van der Waals surface area contributed by atoms with Crippen LogP contribution in [-0.2, 0) is 4.79 Å². The fourth-order valence-corrected chi connectivity index (χ4v) is 3.37. The molecule has 3 aromatic carbocycles. The number of rotatable bonds is 9. The van der Waals surface area contributed by atoms with Gasteiger partial charge in [-0.1, -0.05) is 78.9 Å². The number of carbonyl (C=O) groups is 1. The standard InChI is InChI=1S/C26H27NO2/c1-20(19-28)13-18-25(21-14-16-24(29-2)17-15-21)27-26(22-9-5-3-6-10-22)23-11-7-4-8-12-23/h3-17,19,25-27H,18H2,1-2H3/b20-13+. The van der Waals surface area contributed by atoms with Crippen LogP contribution < -0.4 is 10.1 Å². The summed E-state index contributed by atoms with van der Waals surface area (Å²) in [5.74, 6) is 0.829. The molecule has 3 nitrogen and oxygen atoms in total. The highest BCUT2D eigenvalue weighted by Crippen LogP contribution is 2.29. The Morgan fingerprint density at radius 3 is 1.90 bits per heavy atom. The number of benzene rings is 3. The normalized spacial score (nSPS) is 12.6. The molecule has 0 bridgehead atoms. The Bertz CT molecular complexity index is 878. The van der Waals surface area contributed by atoms with Crippen LogP contribution in [0, 0.1) is 0 Å². The molecule has 0 saturated carbocycles. The van der Waals surface area contributed by atoms with Crippen LogP contribution in [0.1, 0.15) is 42.1 Å². The Hall–Kier alpha value is -3.17. The molecule has 0 aliphatic heterocycles. The molecular formula is C26H27NO2. The SMILES string of the molecule is COc1ccc(C(C/C=C(\C)C=O)NC(c2ccccc2)c2ccccc2)cc1. The van der Waals surface area contributed by atoms with Crippen LogP contribution in [0.4, 0.5) is 0 Å². The van der Waals surface area contributed by atoms with Crippen LogP contribution in [0.25, 0.3) is 0 Å². The fourth-order valence-electron chi connectivity index (χ4n) is 3.37. The molecule has 29 heavy (non-hydrogen) atoms.